The molecule has 1 aliphatic carbocycles. The van der Waals surface area contributed by atoms with E-state index in [9.17, 15) is 9.59 Å². The van der Waals surface area contributed by atoms with E-state index in [0.29, 0.717) is 19.5 Å². The summed E-state index contributed by atoms with van der Waals surface area (Å²) in [7, 11) is 0. The number of amides is 1. The smallest absolute Gasteiger partial charge is 0.410 e. The summed E-state index contributed by atoms with van der Waals surface area (Å²) < 4.78 is 5.22. The normalized spacial score (nSPS) is 21.4. The van der Waals surface area contributed by atoms with E-state index in [1.54, 1.807) is 4.90 Å². The highest BCUT2D eigenvalue weighted by atomic mass is 35.5. The number of rotatable bonds is 1. The lowest BCUT2D eigenvalue weighted by Gasteiger charge is -2.52. The van der Waals surface area contributed by atoms with Crippen molar-refractivity contribution < 1.29 is 14.3 Å². The van der Waals surface area contributed by atoms with E-state index in [1.165, 1.54) is 0 Å². The second-order valence-corrected chi connectivity index (χ2v) is 7.74. The number of Topliss-reactive ketones (excluding diaryl/α,β-unsaturated/α-hetero) is 1. The Kier molecular flexibility index (Phi) is 3.76. The van der Waals surface area contributed by atoms with Crippen molar-refractivity contribution in [2.75, 3.05) is 13.1 Å². The number of fused-ring (bicyclic) bond motifs is 2. The number of likely N-dealkylation sites (tertiary alicyclic amines) is 1. The van der Waals surface area contributed by atoms with Crippen molar-refractivity contribution in [2.45, 2.75) is 31.7 Å². The van der Waals surface area contributed by atoms with Gasteiger partial charge in [-0.25, -0.2) is 4.79 Å². The third-order valence-corrected chi connectivity index (χ3v) is 5.87. The fourth-order valence-electron chi connectivity index (χ4n) is 3.86. The number of hydrogen-bond acceptors (Lipinski definition) is 3. The molecule has 4 nitrogen and oxygen atoms in total. The summed E-state index contributed by atoms with van der Waals surface area (Å²) in [6.45, 7) is 4.28. The number of benzene rings is 2. The Hall–Kier alpha value is -2.07. The average Bonchev–Trinajstić information content (AvgIpc) is 2.51. The zero-order valence-corrected chi connectivity index (χ0v) is 15.0. The van der Waals surface area contributed by atoms with E-state index >= 15 is 0 Å². The van der Waals surface area contributed by atoms with Crippen molar-refractivity contribution in [1.29, 1.82) is 0 Å². The number of alkyl halides is 1. The minimum absolute atomic E-state index is 0.115. The van der Waals surface area contributed by atoms with E-state index in [1.807, 2.05) is 32.0 Å². The van der Waals surface area contributed by atoms with Gasteiger partial charge in [-0.3, -0.25) is 4.79 Å². The molecular weight excluding hydrogens is 338 g/mol. The third-order valence-electron chi connectivity index (χ3n) is 5.21. The zero-order valence-electron chi connectivity index (χ0n) is 14.3. The molecule has 1 fully saturated rings. The van der Waals surface area contributed by atoms with Crippen LogP contribution in [0, 0.1) is 5.41 Å². The molecule has 0 N–H and O–H groups in total. The molecule has 2 aromatic carbocycles. The van der Waals surface area contributed by atoms with Crippen LogP contribution in [0.4, 0.5) is 4.79 Å². The molecule has 0 bridgehead atoms. The molecule has 5 heteroatoms. The molecule has 25 heavy (non-hydrogen) atoms. The first-order valence-electron chi connectivity index (χ1n) is 8.55. The second-order valence-electron chi connectivity index (χ2n) is 7.31. The van der Waals surface area contributed by atoms with E-state index in [4.69, 9.17) is 16.3 Å². The monoisotopic (exact) mass is 357 g/mol. The number of carbonyl (C=O) groups is 2. The summed E-state index contributed by atoms with van der Waals surface area (Å²) in [6.07, 6.45) is -0.178. The first kappa shape index (κ1) is 16.4. The van der Waals surface area contributed by atoms with Gasteiger partial charge in [-0.15, -0.1) is 11.6 Å². The summed E-state index contributed by atoms with van der Waals surface area (Å²) in [6, 6.07) is 12.2. The van der Waals surface area contributed by atoms with Crippen molar-refractivity contribution in [2.24, 2.45) is 5.41 Å². The molecule has 1 unspecified atom stereocenters. The quantitative estimate of drug-likeness (QED) is 0.722. The van der Waals surface area contributed by atoms with Crippen LogP contribution in [0.3, 0.4) is 0 Å². The number of ketones is 1. The third kappa shape index (κ3) is 2.51. The van der Waals surface area contributed by atoms with Gasteiger partial charge in [-0.05, 0) is 41.8 Å². The highest BCUT2D eigenvalue weighted by molar-refractivity contribution is 6.24. The van der Waals surface area contributed by atoms with Crippen LogP contribution in [0.15, 0.2) is 36.4 Å². The molecule has 2 aliphatic rings. The molecule has 130 valence electrons. The van der Waals surface area contributed by atoms with Crippen LogP contribution in [0.2, 0.25) is 0 Å². The van der Waals surface area contributed by atoms with Gasteiger partial charge in [0, 0.05) is 19.5 Å². The molecule has 1 aliphatic heterocycles. The lowest BCUT2D eigenvalue weighted by atomic mass is 9.65. The fourth-order valence-corrected chi connectivity index (χ4v) is 4.32. The molecule has 4 rings (SSSR count). The molecule has 0 saturated carbocycles. The van der Waals surface area contributed by atoms with Crippen LogP contribution in [0.25, 0.3) is 10.8 Å². The lowest BCUT2D eigenvalue weighted by Crippen LogP contribution is -2.65. The maximum absolute atomic E-state index is 12.8. The van der Waals surface area contributed by atoms with E-state index in [0.717, 1.165) is 21.9 Å². The van der Waals surface area contributed by atoms with Gasteiger partial charge in [0.15, 0.2) is 0 Å². The van der Waals surface area contributed by atoms with Gasteiger partial charge in [0.1, 0.15) is 5.78 Å². The van der Waals surface area contributed by atoms with Crippen LogP contribution in [-0.4, -0.2) is 36.0 Å². The summed E-state index contributed by atoms with van der Waals surface area (Å²) >= 11 is 6.78. The number of ether oxygens (including phenoxy) is 1. The van der Waals surface area contributed by atoms with Gasteiger partial charge in [0.05, 0.1) is 16.9 Å². The molecule has 0 aromatic heterocycles. The predicted octanol–water partition coefficient (Wildman–Crippen LogP) is 4.09. The van der Waals surface area contributed by atoms with Gasteiger partial charge in [-0.2, -0.15) is 0 Å². The standard InChI is InChI=1S/C20H20ClNO3/c1-12(2)25-19(24)22-10-20(11-22)17(23)9-15-7-13-5-3-4-6-14(13)8-16(15)18(20)21/h3-8,12,18H,9-11H2,1-2H3. The van der Waals surface area contributed by atoms with Crippen LogP contribution in [-0.2, 0) is 16.0 Å². The van der Waals surface area contributed by atoms with Crippen molar-refractivity contribution >= 4 is 34.2 Å². The largest absolute Gasteiger partial charge is 0.447 e. The molecule has 1 spiro atoms. The molecule has 1 atom stereocenters. The number of hydrogen-bond donors (Lipinski definition) is 0. The van der Waals surface area contributed by atoms with Crippen molar-refractivity contribution in [3.8, 4) is 0 Å². The first-order valence-corrected chi connectivity index (χ1v) is 8.99. The van der Waals surface area contributed by atoms with Gasteiger partial charge in [0.2, 0.25) is 0 Å². The van der Waals surface area contributed by atoms with E-state index in [2.05, 4.69) is 18.2 Å². The highest BCUT2D eigenvalue weighted by Gasteiger charge is 2.58. The fraction of sp³-hybridized carbons (Fsp3) is 0.400. The van der Waals surface area contributed by atoms with E-state index in [-0.39, 0.29) is 18.0 Å². The second kappa shape index (κ2) is 5.73. The molecule has 1 amide bonds. The number of carbonyl (C=O) groups excluding carboxylic acids is 2. The Morgan fingerprint density at radius 2 is 1.88 bits per heavy atom. The lowest BCUT2D eigenvalue weighted by molar-refractivity contribution is -0.138. The maximum atomic E-state index is 12.8. The number of halogens is 1. The maximum Gasteiger partial charge on any atom is 0.410 e. The van der Waals surface area contributed by atoms with Crippen molar-refractivity contribution in [3.63, 3.8) is 0 Å². The first-order chi connectivity index (χ1) is 11.9. The van der Waals surface area contributed by atoms with Crippen LogP contribution in [0.5, 0.6) is 0 Å². The van der Waals surface area contributed by atoms with E-state index < -0.39 is 10.8 Å². The van der Waals surface area contributed by atoms with Gasteiger partial charge in [0.25, 0.3) is 0 Å². The minimum atomic E-state index is -0.687. The minimum Gasteiger partial charge on any atom is -0.447 e. The molecule has 1 heterocycles. The average molecular weight is 358 g/mol. The highest BCUT2D eigenvalue weighted by Crippen LogP contribution is 2.52. The zero-order chi connectivity index (χ0) is 17.8. The number of nitrogens with zero attached hydrogens (tertiary/aromatic N) is 1. The Bertz CT molecular complexity index is 870. The topological polar surface area (TPSA) is 46.6 Å². The Morgan fingerprint density at radius 1 is 1.24 bits per heavy atom. The van der Waals surface area contributed by atoms with Crippen LogP contribution >= 0.6 is 11.6 Å². The SMILES string of the molecule is CC(C)OC(=O)N1CC2(C1)C(=O)Cc1cc3ccccc3cc1C2Cl. The van der Waals surface area contributed by atoms with Gasteiger partial charge in [-0.1, -0.05) is 30.3 Å². The summed E-state index contributed by atoms with van der Waals surface area (Å²) in [5.41, 5.74) is 1.32. The summed E-state index contributed by atoms with van der Waals surface area (Å²) in [5.74, 6) is 0.115. The Balaban J connectivity index is 1.64. The van der Waals surface area contributed by atoms with Crippen LogP contribution in [0.1, 0.15) is 30.4 Å². The summed E-state index contributed by atoms with van der Waals surface area (Å²) in [4.78, 5) is 26.4. The molecule has 2 aromatic rings. The summed E-state index contributed by atoms with van der Waals surface area (Å²) in [5, 5.41) is 1.81. The van der Waals surface area contributed by atoms with Gasteiger partial charge < -0.3 is 9.64 Å². The Labute approximate surface area is 151 Å². The molecular formula is C20H20ClNO3. The molecule has 1 saturated heterocycles. The van der Waals surface area contributed by atoms with Gasteiger partial charge >= 0.3 is 6.09 Å². The molecule has 0 radical (unpaired) electrons. The predicted molar refractivity (Wildman–Crippen MR) is 96.9 cm³/mol. The van der Waals surface area contributed by atoms with Crippen molar-refractivity contribution in [1.82, 2.24) is 4.90 Å². The Morgan fingerprint density at radius 3 is 2.52 bits per heavy atom. The van der Waals surface area contributed by atoms with Crippen molar-refractivity contribution in [3.05, 3.63) is 47.5 Å². The van der Waals surface area contributed by atoms with Crippen LogP contribution < -0.4 is 0 Å².